The Kier molecular flexibility index (Phi) is 3.16. The van der Waals surface area contributed by atoms with Gasteiger partial charge in [-0.05, 0) is 30.4 Å². The fraction of sp³-hybridized carbons (Fsp3) is 0.0833. The van der Waals surface area contributed by atoms with Crippen LogP contribution in [0.5, 0.6) is 0 Å². The minimum Gasteiger partial charge on any atom is -0.328 e. The highest BCUT2D eigenvalue weighted by Gasteiger charge is 2.11. The quantitative estimate of drug-likeness (QED) is 0.677. The van der Waals surface area contributed by atoms with Crippen molar-refractivity contribution in [3.05, 3.63) is 49.9 Å². The molecule has 7 heteroatoms. The fourth-order valence-electron chi connectivity index (χ4n) is 1.93. The van der Waals surface area contributed by atoms with Crippen LogP contribution in [0.1, 0.15) is 4.88 Å². The number of aromatic nitrogens is 2. The molecule has 0 spiro atoms. The molecule has 0 radical (unpaired) electrons. The first-order valence-corrected chi connectivity index (χ1v) is 6.96. The summed E-state index contributed by atoms with van der Waals surface area (Å²) < 4.78 is 29.6. The number of rotatable bonds is 2. The first-order valence-electron chi connectivity index (χ1n) is 5.36. The number of benzene rings is 1. The molecule has 3 rings (SSSR count). The van der Waals surface area contributed by atoms with Crippen molar-refractivity contribution in [2.24, 2.45) is 0 Å². The molecule has 0 saturated carbocycles. The van der Waals surface area contributed by atoms with E-state index in [1.807, 2.05) is 6.07 Å². The maximum atomic E-state index is 13.6. The molecule has 1 N–H and O–H groups in total. The van der Waals surface area contributed by atoms with E-state index in [-0.39, 0.29) is 5.52 Å². The van der Waals surface area contributed by atoms with Gasteiger partial charge in [0, 0.05) is 10.9 Å². The Morgan fingerprint density at radius 1 is 1.32 bits per heavy atom. The highest BCUT2D eigenvalue weighted by molar-refractivity contribution is 7.71. The van der Waals surface area contributed by atoms with Crippen LogP contribution in [0.3, 0.4) is 0 Å². The van der Waals surface area contributed by atoms with Gasteiger partial charge in [-0.2, -0.15) is 0 Å². The molecule has 3 aromatic rings. The van der Waals surface area contributed by atoms with E-state index in [1.54, 1.807) is 10.6 Å². The Balaban J connectivity index is 2.18. The number of nitrogens with one attached hydrogen (secondary N) is 1. The summed E-state index contributed by atoms with van der Waals surface area (Å²) in [5, 5.41) is 0. The molecule has 0 fully saturated rings. The van der Waals surface area contributed by atoms with Crippen molar-refractivity contribution in [1.82, 2.24) is 9.55 Å². The van der Waals surface area contributed by atoms with Gasteiger partial charge in [-0.15, -0.1) is 11.3 Å². The number of aromatic amines is 1. The number of H-pyrrole nitrogens is 1. The topological polar surface area (TPSA) is 20.7 Å². The summed E-state index contributed by atoms with van der Waals surface area (Å²) in [6.07, 6.45) is 0. The van der Waals surface area contributed by atoms with Crippen molar-refractivity contribution in [3.8, 4) is 0 Å². The van der Waals surface area contributed by atoms with E-state index in [1.165, 1.54) is 17.4 Å². The molecule has 2 heterocycles. The number of imidazole rings is 1. The molecule has 0 aliphatic heterocycles. The number of hydrogen-bond acceptors (Lipinski definition) is 2. The van der Waals surface area contributed by atoms with Crippen LogP contribution < -0.4 is 0 Å². The van der Waals surface area contributed by atoms with E-state index >= 15 is 0 Å². The third-order valence-corrected chi connectivity index (χ3v) is 4.28. The maximum Gasteiger partial charge on any atom is 0.178 e. The van der Waals surface area contributed by atoms with Crippen LogP contribution in [0.4, 0.5) is 8.78 Å². The summed E-state index contributed by atoms with van der Waals surface area (Å²) in [5.74, 6) is -1.28. The molecule has 0 aliphatic rings. The average Bonchev–Trinajstić information content (AvgIpc) is 2.87. The molecule has 2 nitrogen and oxygen atoms in total. The first kappa shape index (κ1) is 12.8. The molecule has 2 aromatic heterocycles. The molecule has 98 valence electrons. The van der Waals surface area contributed by atoms with E-state index < -0.39 is 11.6 Å². The van der Waals surface area contributed by atoms with Crippen molar-refractivity contribution in [2.75, 3.05) is 0 Å². The van der Waals surface area contributed by atoms with E-state index in [9.17, 15) is 8.78 Å². The summed E-state index contributed by atoms with van der Waals surface area (Å²) in [6.45, 7) is 0.430. The Hall–Kier alpha value is -1.24. The summed E-state index contributed by atoms with van der Waals surface area (Å²) in [5.41, 5.74) is 0.626. The summed E-state index contributed by atoms with van der Waals surface area (Å²) in [4.78, 5) is 3.72. The van der Waals surface area contributed by atoms with Crippen LogP contribution in [0, 0.1) is 16.4 Å². The molecule has 0 bridgehead atoms. The molecule has 1 aromatic carbocycles. The maximum absolute atomic E-state index is 13.6. The monoisotopic (exact) mass is 316 g/mol. The summed E-state index contributed by atoms with van der Waals surface area (Å²) in [6, 6.07) is 5.74. The van der Waals surface area contributed by atoms with Crippen LogP contribution in [0.15, 0.2) is 24.3 Å². The standard InChI is InChI=1S/C12H7ClF2N2S2/c13-10-2-1-7(19-10)5-17-9-4-6(14)3-8(15)11(9)16-12(17)18/h1-4H,5H2,(H,16,18). The van der Waals surface area contributed by atoms with E-state index in [4.69, 9.17) is 23.8 Å². The van der Waals surface area contributed by atoms with Crippen LogP contribution in [0.2, 0.25) is 4.34 Å². The lowest BCUT2D eigenvalue weighted by atomic mass is 10.3. The number of hydrogen-bond donors (Lipinski definition) is 1. The second kappa shape index (κ2) is 4.70. The minimum atomic E-state index is -0.649. The number of thiophene rings is 1. The molecule has 0 unspecified atom stereocenters. The van der Waals surface area contributed by atoms with Gasteiger partial charge in [0.2, 0.25) is 0 Å². The van der Waals surface area contributed by atoms with Crippen LogP contribution in [-0.4, -0.2) is 9.55 Å². The second-order valence-electron chi connectivity index (χ2n) is 4.00. The molecular weight excluding hydrogens is 310 g/mol. The fourth-order valence-corrected chi connectivity index (χ4v) is 3.27. The zero-order valence-corrected chi connectivity index (χ0v) is 11.8. The second-order valence-corrected chi connectivity index (χ2v) is 6.19. The predicted molar refractivity (Wildman–Crippen MR) is 75.5 cm³/mol. The smallest absolute Gasteiger partial charge is 0.178 e. The van der Waals surface area contributed by atoms with E-state index in [0.29, 0.717) is 21.2 Å². The predicted octanol–water partition coefficient (Wildman–Crippen LogP) is 4.74. The normalized spacial score (nSPS) is 11.3. The first-order chi connectivity index (χ1) is 9.04. The zero-order valence-electron chi connectivity index (χ0n) is 9.41. The Morgan fingerprint density at radius 2 is 2.11 bits per heavy atom. The molecule has 0 aliphatic carbocycles. The lowest BCUT2D eigenvalue weighted by Crippen LogP contribution is -1.98. The van der Waals surface area contributed by atoms with E-state index in [2.05, 4.69) is 4.98 Å². The Bertz CT molecular complexity index is 819. The largest absolute Gasteiger partial charge is 0.328 e. The summed E-state index contributed by atoms with van der Waals surface area (Å²) in [7, 11) is 0. The Labute approximate surface area is 121 Å². The molecule has 19 heavy (non-hydrogen) atoms. The number of halogens is 3. The minimum absolute atomic E-state index is 0.217. The molecule has 0 saturated heterocycles. The van der Waals surface area contributed by atoms with Gasteiger partial charge < -0.3 is 9.55 Å². The van der Waals surface area contributed by atoms with Crippen molar-refractivity contribution in [2.45, 2.75) is 6.54 Å². The average molecular weight is 317 g/mol. The van der Waals surface area contributed by atoms with Crippen molar-refractivity contribution < 1.29 is 8.78 Å². The highest BCUT2D eigenvalue weighted by Crippen LogP contribution is 2.25. The van der Waals surface area contributed by atoms with Crippen LogP contribution in [-0.2, 0) is 6.54 Å². The highest BCUT2D eigenvalue weighted by atomic mass is 35.5. The van der Waals surface area contributed by atoms with Gasteiger partial charge in [0.05, 0.1) is 16.4 Å². The van der Waals surface area contributed by atoms with Gasteiger partial charge >= 0.3 is 0 Å². The number of fused-ring (bicyclic) bond motifs is 1. The van der Waals surface area contributed by atoms with E-state index in [0.717, 1.165) is 10.9 Å². The zero-order chi connectivity index (χ0) is 13.6. The molecule has 0 atom stereocenters. The van der Waals surface area contributed by atoms with Crippen molar-refractivity contribution in [1.29, 1.82) is 0 Å². The molecule has 0 amide bonds. The van der Waals surface area contributed by atoms with Gasteiger partial charge in [-0.1, -0.05) is 11.6 Å². The number of nitrogens with zero attached hydrogens (tertiary/aromatic N) is 1. The van der Waals surface area contributed by atoms with Crippen molar-refractivity contribution in [3.63, 3.8) is 0 Å². The van der Waals surface area contributed by atoms with Crippen molar-refractivity contribution >= 4 is 46.2 Å². The SMILES string of the molecule is Fc1cc(F)c2[nH]c(=S)n(Cc3ccc(Cl)s3)c2c1. The summed E-state index contributed by atoms with van der Waals surface area (Å²) >= 11 is 12.4. The van der Waals surface area contributed by atoms with Crippen LogP contribution in [0.25, 0.3) is 11.0 Å². The lowest BCUT2D eigenvalue weighted by molar-refractivity contribution is 0.590. The Morgan fingerprint density at radius 3 is 2.79 bits per heavy atom. The van der Waals surface area contributed by atoms with Gasteiger partial charge in [-0.25, -0.2) is 8.78 Å². The van der Waals surface area contributed by atoms with Gasteiger partial charge in [0.25, 0.3) is 0 Å². The van der Waals surface area contributed by atoms with Gasteiger partial charge in [0.15, 0.2) is 10.6 Å². The van der Waals surface area contributed by atoms with Crippen LogP contribution >= 0.6 is 35.2 Å². The van der Waals surface area contributed by atoms with Gasteiger partial charge in [0.1, 0.15) is 11.3 Å². The third-order valence-electron chi connectivity index (χ3n) is 2.74. The van der Waals surface area contributed by atoms with Gasteiger partial charge in [-0.3, -0.25) is 0 Å². The third kappa shape index (κ3) is 2.31. The lowest BCUT2D eigenvalue weighted by Gasteiger charge is -2.02. The molecular formula is C12H7ClF2N2S2.